The van der Waals surface area contributed by atoms with Crippen molar-refractivity contribution in [2.75, 3.05) is 13.1 Å². The molecule has 2 aromatic rings. The van der Waals surface area contributed by atoms with Crippen LogP contribution in [-0.2, 0) is 6.42 Å². The van der Waals surface area contributed by atoms with Crippen LogP contribution in [0.4, 0.5) is 4.39 Å². The van der Waals surface area contributed by atoms with E-state index in [1.165, 1.54) is 17.7 Å². The second-order valence-electron chi connectivity index (χ2n) is 6.91. The number of nitrogens with zero attached hydrogens (tertiary/aromatic N) is 1. The summed E-state index contributed by atoms with van der Waals surface area (Å²) in [6.07, 6.45) is 2.89. The average molecular weight is 327 g/mol. The molecule has 0 spiro atoms. The topological polar surface area (TPSA) is 23.5 Å². The van der Waals surface area contributed by atoms with Gasteiger partial charge in [-0.15, -0.1) is 0 Å². The molecule has 0 radical (unpaired) electrons. The van der Waals surface area contributed by atoms with Crippen LogP contribution < -0.4 is 0 Å². The van der Waals surface area contributed by atoms with Crippen molar-refractivity contribution in [3.05, 3.63) is 71.5 Å². The Bertz CT molecular complexity index is 620. The molecule has 1 aliphatic rings. The fourth-order valence-corrected chi connectivity index (χ4v) is 3.65. The smallest absolute Gasteiger partial charge is 0.123 e. The third-order valence-corrected chi connectivity index (χ3v) is 5.26. The number of rotatable bonds is 5. The highest BCUT2D eigenvalue weighted by Crippen LogP contribution is 2.27. The minimum atomic E-state index is -0.573. The Morgan fingerprint density at radius 2 is 1.67 bits per heavy atom. The highest BCUT2D eigenvalue weighted by atomic mass is 19.1. The summed E-state index contributed by atoms with van der Waals surface area (Å²) in [4.78, 5) is 2.36. The third-order valence-electron chi connectivity index (χ3n) is 5.26. The lowest BCUT2D eigenvalue weighted by atomic mass is 9.89. The molecule has 2 atom stereocenters. The average Bonchev–Trinajstić information content (AvgIpc) is 2.63. The summed E-state index contributed by atoms with van der Waals surface area (Å²) >= 11 is 0. The van der Waals surface area contributed by atoms with Gasteiger partial charge in [-0.1, -0.05) is 42.5 Å². The molecule has 128 valence electrons. The van der Waals surface area contributed by atoms with E-state index in [9.17, 15) is 9.50 Å². The van der Waals surface area contributed by atoms with Crippen molar-refractivity contribution in [3.8, 4) is 0 Å². The van der Waals surface area contributed by atoms with Gasteiger partial charge < -0.3 is 5.11 Å². The van der Waals surface area contributed by atoms with Gasteiger partial charge >= 0.3 is 0 Å². The maximum atomic E-state index is 13.0. The van der Waals surface area contributed by atoms with Crippen molar-refractivity contribution in [1.29, 1.82) is 0 Å². The van der Waals surface area contributed by atoms with E-state index >= 15 is 0 Å². The van der Waals surface area contributed by atoms with Crippen molar-refractivity contribution in [3.63, 3.8) is 0 Å². The second kappa shape index (κ2) is 7.91. The molecule has 1 N–H and O–H groups in total. The van der Waals surface area contributed by atoms with Gasteiger partial charge in [-0.2, -0.15) is 0 Å². The Balaban J connectivity index is 1.53. The maximum absolute atomic E-state index is 13.0. The molecule has 24 heavy (non-hydrogen) atoms. The van der Waals surface area contributed by atoms with Crippen molar-refractivity contribution in [1.82, 2.24) is 4.90 Å². The van der Waals surface area contributed by atoms with Crippen LogP contribution in [0.25, 0.3) is 0 Å². The molecule has 0 aliphatic carbocycles. The van der Waals surface area contributed by atoms with Crippen LogP contribution in [0.2, 0.25) is 0 Å². The lowest BCUT2D eigenvalue weighted by Gasteiger charge is -2.38. The van der Waals surface area contributed by atoms with E-state index in [0.717, 1.165) is 43.8 Å². The van der Waals surface area contributed by atoms with Crippen molar-refractivity contribution < 1.29 is 9.50 Å². The van der Waals surface area contributed by atoms with E-state index in [4.69, 9.17) is 0 Å². The molecule has 0 unspecified atom stereocenters. The lowest BCUT2D eigenvalue weighted by molar-refractivity contribution is 0.0373. The number of hydrogen-bond acceptors (Lipinski definition) is 2. The standard InChI is InChI=1S/C21H26FNO/c1-16(21(24)19-7-9-20(22)10-8-19)23-13-11-18(12-14-23)15-17-5-3-2-4-6-17/h2-10,16,18,21,24H,11-15H2,1H3/t16-,21+/m0/s1. The van der Waals surface area contributed by atoms with E-state index in [0.29, 0.717) is 0 Å². The molecule has 2 aromatic carbocycles. The molecule has 1 aliphatic heterocycles. The van der Waals surface area contributed by atoms with Gasteiger partial charge in [0, 0.05) is 6.04 Å². The van der Waals surface area contributed by atoms with Crippen molar-refractivity contribution in [2.24, 2.45) is 5.92 Å². The zero-order chi connectivity index (χ0) is 16.9. The summed E-state index contributed by atoms with van der Waals surface area (Å²) in [5, 5.41) is 10.6. The summed E-state index contributed by atoms with van der Waals surface area (Å²) in [5.74, 6) is 0.458. The zero-order valence-electron chi connectivity index (χ0n) is 14.2. The first-order valence-electron chi connectivity index (χ1n) is 8.85. The molecule has 3 rings (SSSR count). The van der Waals surface area contributed by atoms with Crippen LogP contribution >= 0.6 is 0 Å². The Hall–Kier alpha value is -1.71. The van der Waals surface area contributed by atoms with E-state index in [-0.39, 0.29) is 11.9 Å². The van der Waals surface area contributed by atoms with E-state index in [1.807, 2.05) is 0 Å². The zero-order valence-corrected chi connectivity index (χ0v) is 14.2. The molecule has 0 bridgehead atoms. The highest BCUT2D eigenvalue weighted by molar-refractivity contribution is 5.20. The van der Waals surface area contributed by atoms with E-state index in [2.05, 4.69) is 42.2 Å². The first-order valence-corrected chi connectivity index (χ1v) is 8.85. The fourth-order valence-electron chi connectivity index (χ4n) is 3.65. The number of likely N-dealkylation sites (tertiary alicyclic amines) is 1. The largest absolute Gasteiger partial charge is 0.387 e. The van der Waals surface area contributed by atoms with Crippen LogP contribution in [0, 0.1) is 11.7 Å². The molecule has 1 heterocycles. The molecule has 0 aromatic heterocycles. The van der Waals surface area contributed by atoms with E-state index < -0.39 is 6.10 Å². The Kier molecular flexibility index (Phi) is 5.64. The van der Waals surface area contributed by atoms with Crippen LogP contribution in [0.5, 0.6) is 0 Å². The number of piperidine rings is 1. The third kappa shape index (κ3) is 4.22. The molecular weight excluding hydrogens is 301 g/mol. The SMILES string of the molecule is C[C@@H]([C@@H](O)c1ccc(F)cc1)N1CCC(Cc2ccccc2)CC1. The van der Waals surface area contributed by atoms with Gasteiger partial charge in [0.1, 0.15) is 5.82 Å². The monoisotopic (exact) mass is 327 g/mol. The molecular formula is C21H26FNO. The summed E-state index contributed by atoms with van der Waals surface area (Å²) < 4.78 is 13.0. The van der Waals surface area contributed by atoms with Gasteiger partial charge in [-0.05, 0) is 68.5 Å². The summed E-state index contributed by atoms with van der Waals surface area (Å²) in [5.41, 5.74) is 2.20. The highest BCUT2D eigenvalue weighted by Gasteiger charge is 2.27. The van der Waals surface area contributed by atoms with Crippen molar-refractivity contribution in [2.45, 2.75) is 38.3 Å². The van der Waals surface area contributed by atoms with Crippen LogP contribution in [-0.4, -0.2) is 29.1 Å². The Labute approximate surface area is 143 Å². The Morgan fingerprint density at radius 3 is 2.29 bits per heavy atom. The first-order chi connectivity index (χ1) is 11.6. The predicted octanol–water partition coefficient (Wildman–Crippen LogP) is 4.20. The molecule has 0 amide bonds. The molecule has 0 saturated carbocycles. The number of benzene rings is 2. The van der Waals surface area contributed by atoms with Gasteiger partial charge in [0.15, 0.2) is 0 Å². The van der Waals surface area contributed by atoms with Crippen LogP contribution in [0.15, 0.2) is 54.6 Å². The summed E-state index contributed by atoms with van der Waals surface area (Å²) in [6, 6.07) is 16.9. The minimum Gasteiger partial charge on any atom is -0.387 e. The van der Waals surface area contributed by atoms with Gasteiger partial charge in [0.25, 0.3) is 0 Å². The molecule has 1 saturated heterocycles. The Morgan fingerprint density at radius 1 is 1.04 bits per heavy atom. The number of aliphatic hydroxyl groups excluding tert-OH is 1. The normalized spacial score (nSPS) is 19.1. The lowest BCUT2D eigenvalue weighted by Crippen LogP contribution is -2.43. The quantitative estimate of drug-likeness (QED) is 0.889. The van der Waals surface area contributed by atoms with Gasteiger partial charge in [-0.3, -0.25) is 4.90 Å². The number of aliphatic hydroxyl groups is 1. The predicted molar refractivity (Wildman–Crippen MR) is 95.3 cm³/mol. The maximum Gasteiger partial charge on any atom is 0.123 e. The van der Waals surface area contributed by atoms with Crippen molar-refractivity contribution >= 4 is 0 Å². The molecule has 2 nitrogen and oxygen atoms in total. The van der Waals surface area contributed by atoms with Gasteiger partial charge in [0.05, 0.1) is 6.10 Å². The van der Waals surface area contributed by atoms with Gasteiger partial charge in [-0.25, -0.2) is 4.39 Å². The van der Waals surface area contributed by atoms with Crippen LogP contribution in [0.3, 0.4) is 0 Å². The van der Waals surface area contributed by atoms with Gasteiger partial charge in [0.2, 0.25) is 0 Å². The first kappa shape index (κ1) is 17.1. The number of hydrogen-bond donors (Lipinski definition) is 1. The minimum absolute atomic E-state index is 0.0492. The number of halogens is 1. The fraction of sp³-hybridized carbons (Fsp3) is 0.429. The van der Waals surface area contributed by atoms with Crippen LogP contribution in [0.1, 0.15) is 37.0 Å². The summed E-state index contributed by atoms with van der Waals surface area (Å²) in [6.45, 7) is 4.08. The summed E-state index contributed by atoms with van der Waals surface area (Å²) in [7, 11) is 0. The molecule has 1 fully saturated rings. The van der Waals surface area contributed by atoms with E-state index in [1.54, 1.807) is 12.1 Å². The molecule has 3 heteroatoms. The second-order valence-corrected chi connectivity index (χ2v) is 6.91.